The molecule has 1 rings (SSSR count). The number of aromatic nitrogens is 1. The molecule has 1 atom stereocenters. The molecule has 0 spiro atoms. The fraction of sp³-hybridized carbons (Fsp3) is 0.415. The van der Waals surface area contributed by atoms with Crippen molar-refractivity contribution in [3.63, 3.8) is 0 Å². The third-order valence-electron chi connectivity index (χ3n) is 7.04. The van der Waals surface area contributed by atoms with Crippen molar-refractivity contribution in [1.29, 1.82) is 5.41 Å². The highest BCUT2D eigenvalue weighted by Gasteiger charge is 2.40. The highest BCUT2D eigenvalue weighted by Crippen LogP contribution is 2.26. The van der Waals surface area contributed by atoms with Crippen LogP contribution in [-0.2, 0) is 28.6 Å². The Morgan fingerprint density at radius 2 is 1.42 bits per heavy atom. The molecule has 16 nitrogen and oxygen atoms in total. The van der Waals surface area contributed by atoms with Crippen molar-refractivity contribution < 1.29 is 43.3 Å². The van der Waals surface area contributed by atoms with Crippen molar-refractivity contribution in [2.45, 2.75) is 78.2 Å². The Kier molecular flexibility index (Phi) is 27.5. The highest BCUT2D eigenvalue weighted by atomic mass is 16.7. The van der Waals surface area contributed by atoms with Gasteiger partial charge in [0.05, 0.1) is 18.4 Å². The van der Waals surface area contributed by atoms with Crippen LogP contribution >= 0.6 is 0 Å². The van der Waals surface area contributed by atoms with Gasteiger partial charge in [0.25, 0.3) is 5.91 Å². The lowest BCUT2D eigenvalue weighted by Crippen LogP contribution is -2.49. The number of nitrogens with zero attached hydrogens (tertiary/aromatic N) is 3. The van der Waals surface area contributed by atoms with E-state index in [1.807, 2.05) is 18.2 Å². The third kappa shape index (κ3) is 27.9. The number of rotatable bonds is 22. The quantitative estimate of drug-likeness (QED) is 0.0235. The monoisotopic (exact) mass is 793 g/mol. The van der Waals surface area contributed by atoms with Gasteiger partial charge < -0.3 is 41.0 Å². The molecule has 0 aliphatic rings. The Balaban J connectivity index is 0.00000308. The highest BCUT2D eigenvalue weighted by molar-refractivity contribution is 5.92. The first kappa shape index (κ1) is 50.7. The molecular formula is C41H59N7O9. The smallest absolute Gasteiger partial charge is 0.465 e. The molecule has 0 unspecified atom stereocenters. The minimum absolute atomic E-state index is 0.0127. The van der Waals surface area contributed by atoms with Gasteiger partial charge in [0.2, 0.25) is 5.96 Å². The number of hydrogen-bond acceptors (Lipinski definition) is 10. The molecule has 57 heavy (non-hydrogen) atoms. The van der Waals surface area contributed by atoms with Gasteiger partial charge in [-0.05, 0) is 50.7 Å². The summed E-state index contributed by atoms with van der Waals surface area (Å²) in [5, 5.41) is 18.0. The van der Waals surface area contributed by atoms with E-state index in [4.69, 9.17) is 31.5 Å². The minimum atomic E-state index is -1.76. The molecular weight excluding hydrogens is 734 g/mol. The lowest BCUT2D eigenvalue weighted by Gasteiger charge is -2.32. The molecule has 0 saturated heterocycles. The van der Waals surface area contributed by atoms with Crippen LogP contribution in [-0.4, -0.2) is 90.2 Å². The average molecular weight is 794 g/mol. The average Bonchev–Trinajstić information content (AvgIpc) is 3.15. The molecule has 7 N–H and O–H groups in total. The number of amides is 1. The first-order valence-electron chi connectivity index (χ1n) is 18.3. The van der Waals surface area contributed by atoms with Crippen LogP contribution in [0.1, 0.15) is 82.5 Å². The second-order valence-electron chi connectivity index (χ2n) is 12.8. The number of hydrogen-bond donors (Lipinski definition) is 5. The van der Waals surface area contributed by atoms with Gasteiger partial charge in [0.15, 0.2) is 12.1 Å². The number of esters is 3. The van der Waals surface area contributed by atoms with Crippen LogP contribution in [0.25, 0.3) is 0 Å². The number of nitrogens with two attached hydrogens (primary N) is 2. The maximum absolute atomic E-state index is 13.0. The summed E-state index contributed by atoms with van der Waals surface area (Å²) in [4.78, 5) is 69.0. The summed E-state index contributed by atoms with van der Waals surface area (Å²) < 4.78 is 14.9. The van der Waals surface area contributed by atoms with E-state index in [1.165, 1.54) is 29.4 Å². The molecule has 0 aliphatic carbocycles. The fourth-order valence-corrected chi connectivity index (χ4v) is 4.08. The fourth-order valence-electron chi connectivity index (χ4n) is 4.08. The van der Waals surface area contributed by atoms with Gasteiger partial charge in [0.1, 0.15) is 6.61 Å². The van der Waals surface area contributed by atoms with E-state index in [-0.39, 0.29) is 37.1 Å². The van der Waals surface area contributed by atoms with E-state index in [9.17, 15) is 24.0 Å². The van der Waals surface area contributed by atoms with E-state index in [2.05, 4.69) is 75.6 Å². The summed E-state index contributed by atoms with van der Waals surface area (Å²) in [6, 6.07) is 2.99. The number of ether oxygens (including phenoxy) is 3. The largest absolute Gasteiger partial charge is 0.513 e. The van der Waals surface area contributed by atoms with Crippen LogP contribution in [0.3, 0.4) is 0 Å². The molecule has 1 heterocycles. The first-order chi connectivity index (χ1) is 27.1. The normalized spacial score (nSPS) is 12.1. The molecule has 16 heteroatoms. The number of guanidine groups is 2. The number of aliphatic imine (C=N–C) groups is 1. The van der Waals surface area contributed by atoms with Gasteiger partial charge in [-0.3, -0.25) is 24.8 Å². The van der Waals surface area contributed by atoms with Crippen LogP contribution < -0.4 is 16.8 Å². The number of allylic oxidation sites excluding steroid dienone is 11. The second-order valence-corrected chi connectivity index (χ2v) is 12.8. The summed E-state index contributed by atoms with van der Waals surface area (Å²) in [7, 11) is 3.38. The van der Waals surface area contributed by atoms with Gasteiger partial charge in [-0.2, -0.15) is 4.99 Å². The van der Waals surface area contributed by atoms with Crippen molar-refractivity contribution in [3.8, 4) is 0 Å². The molecule has 0 bridgehead atoms. The number of carbonyl (C=O) groups excluding carboxylic acids is 4. The summed E-state index contributed by atoms with van der Waals surface area (Å²) in [6.45, 7) is 4.76. The number of carboxylic acid groups (broad SMARTS) is 1. The maximum atomic E-state index is 13.0. The minimum Gasteiger partial charge on any atom is -0.465 e. The molecule has 0 fully saturated rings. The number of pyridine rings is 1. The lowest BCUT2D eigenvalue weighted by molar-refractivity contribution is -0.153. The number of carbonyl (C=O) groups is 5. The zero-order valence-corrected chi connectivity index (χ0v) is 33.6. The van der Waals surface area contributed by atoms with Crippen LogP contribution in [0.5, 0.6) is 0 Å². The Morgan fingerprint density at radius 1 is 0.895 bits per heavy atom. The van der Waals surface area contributed by atoms with Crippen LogP contribution in [0, 0.1) is 10.8 Å². The van der Waals surface area contributed by atoms with Crippen LogP contribution in [0.15, 0.2) is 102 Å². The van der Waals surface area contributed by atoms with Crippen molar-refractivity contribution in [2.24, 2.45) is 21.9 Å². The Hall–Kier alpha value is -6.32. The van der Waals surface area contributed by atoms with Crippen LogP contribution in [0.2, 0.25) is 0 Å². The predicted octanol–water partition coefficient (Wildman–Crippen LogP) is 5.75. The van der Waals surface area contributed by atoms with Crippen molar-refractivity contribution in [1.82, 2.24) is 15.2 Å². The Morgan fingerprint density at radius 3 is 1.86 bits per heavy atom. The van der Waals surface area contributed by atoms with Crippen LogP contribution in [0.4, 0.5) is 4.79 Å². The van der Waals surface area contributed by atoms with Crippen molar-refractivity contribution in [2.75, 3.05) is 27.2 Å². The lowest BCUT2D eigenvalue weighted by atomic mass is 9.86. The van der Waals surface area contributed by atoms with Crippen molar-refractivity contribution in [3.05, 3.63) is 103 Å². The molecule has 0 saturated carbocycles. The zero-order chi connectivity index (χ0) is 42.9. The topological polar surface area (TPSA) is 250 Å². The summed E-state index contributed by atoms with van der Waals surface area (Å²) in [6.07, 6.45) is 29.3. The van der Waals surface area contributed by atoms with Gasteiger partial charge in [0, 0.05) is 38.4 Å². The van der Waals surface area contributed by atoms with E-state index < -0.39 is 47.9 Å². The molecule has 1 aromatic rings. The second kappa shape index (κ2) is 30.9. The van der Waals surface area contributed by atoms with E-state index in [0.717, 1.165) is 32.1 Å². The van der Waals surface area contributed by atoms with E-state index in [1.54, 1.807) is 34.0 Å². The molecule has 0 aromatic carbocycles. The Bertz CT molecular complexity index is 1610. The molecule has 0 aliphatic heterocycles. The zero-order valence-electron chi connectivity index (χ0n) is 33.6. The number of nitrogens with one attached hydrogen (secondary N) is 2. The van der Waals surface area contributed by atoms with Gasteiger partial charge >= 0.3 is 24.1 Å². The Labute approximate surface area is 335 Å². The van der Waals surface area contributed by atoms with Gasteiger partial charge in [-0.25, -0.2) is 9.59 Å². The SMILES string of the molecule is CC/C=C\C/C=C\C/C=C\C/C=C\C/C=C\C/C=C\CC(=O)OCC(C)(C)[C@@H](OC(=O)c1cccnc1)C(=O)NCCC(=O)OC(=O)O.CN(C)C(=N)N=C(N)N. The predicted molar refractivity (Wildman–Crippen MR) is 220 cm³/mol. The molecule has 0 radical (unpaired) electrons. The maximum Gasteiger partial charge on any atom is 0.513 e. The molecule has 1 aromatic heterocycles. The first-order valence-corrected chi connectivity index (χ1v) is 18.3. The molecule has 312 valence electrons. The van der Waals surface area contributed by atoms with E-state index in [0.29, 0.717) is 6.42 Å². The summed E-state index contributed by atoms with van der Waals surface area (Å²) in [5.74, 6) is -3.23. The van der Waals surface area contributed by atoms with E-state index >= 15 is 0 Å². The van der Waals surface area contributed by atoms with Gasteiger partial charge in [-0.1, -0.05) is 93.7 Å². The molecule has 1 amide bonds. The summed E-state index contributed by atoms with van der Waals surface area (Å²) >= 11 is 0. The van der Waals surface area contributed by atoms with Crippen molar-refractivity contribution >= 4 is 41.9 Å². The van der Waals surface area contributed by atoms with Gasteiger partial charge in [-0.15, -0.1) is 0 Å². The third-order valence-corrected chi connectivity index (χ3v) is 7.04. The standard InChI is InChI=1S/C37H48N2O9.C4H11N5/c1-4-5-6-7-8-9-10-11-12-13-14-15-16-17-18-19-20-21-24-31(40)46-29-37(2,3)33(48-35(43)30-23-22-26-38-28-30)34(42)39-27-25-32(41)47-36(44)45;1-9(2)4(7)8-3(5)6/h5-6,8-9,11-12,14-15,17-18,20-23,26,28,33H,4,7,10,13,16,19,24-25,27,29H2,1-3H3,(H,39,42)(H,44,45);1-2H3,(H5,5,6,7,8)/b6-5-,9-8-,12-11-,15-14-,18-17-,21-20-;/t33-;/m0./s1. The summed E-state index contributed by atoms with van der Waals surface area (Å²) in [5.41, 5.74) is 8.90.